The minimum Gasteiger partial charge on any atom is -0.444 e. The molecule has 2 aromatic carbocycles. The SMILES string of the molecule is Cc1noc(C)c1-c1ccc(S(=O)(=O)n2ccc(C=CC(=O)Nc3ccccc3NC(=O)OC(C)(C)C)c2)cc1. The first kappa shape index (κ1) is 28.4. The van der Waals surface area contributed by atoms with Crippen molar-refractivity contribution in [2.75, 3.05) is 10.6 Å². The number of carbonyl (C=O) groups is 2. The van der Waals surface area contributed by atoms with E-state index in [-0.39, 0.29) is 4.90 Å². The van der Waals surface area contributed by atoms with Gasteiger partial charge in [0.25, 0.3) is 10.0 Å². The van der Waals surface area contributed by atoms with Crippen molar-refractivity contribution in [3.63, 3.8) is 0 Å². The third-order valence-electron chi connectivity index (χ3n) is 5.69. The number of rotatable bonds is 7. The largest absolute Gasteiger partial charge is 0.444 e. The molecule has 10 nitrogen and oxygen atoms in total. The normalized spacial score (nSPS) is 11.9. The van der Waals surface area contributed by atoms with Crippen LogP contribution in [-0.2, 0) is 19.6 Å². The Morgan fingerprint density at radius 3 is 2.23 bits per heavy atom. The molecule has 0 aliphatic heterocycles. The number of aryl methyl sites for hydroxylation is 2. The van der Waals surface area contributed by atoms with Gasteiger partial charge in [0.2, 0.25) is 5.91 Å². The Morgan fingerprint density at radius 1 is 0.975 bits per heavy atom. The van der Waals surface area contributed by atoms with E-state index in [2.05, 4.69) is 15.8 Å². The minimum atomic E-state index is -3.85. The molecule has 0 spiro atoms. The van der Waals surface area contributed by atoms with Crippen LogP contribution in [0, 0.1) is 13.8 Å². The van der Waals surface area contributed by atoms with E-state index < -0.39 is 27.6 Å². The fraction of sp³-hybridized carbons (Fsp3) is 0.207. The zero-order valence-corrected chi connectivity index (χ0v) is 23.6. The molecule has 4 rings (SSSR count). The molecule has 0 bridgehead atoms. The number of anilines is 2. The maximum absolute atomic E-state index is 13.2. The highest BCUT2D eigenvalue weighted by molar-refractivity contribution is 7.90. The standard InChI is InChI=1S/C29H30N4O6S/c1-19-27(20(2)39-32-19)22-11-13-23(14-12-22)40(36,37)33-17-16-21(18-33)10-15-26(34)30-24-8-6-7-9-25(24)31-28(35)38-29(3,4)5/h6-18H,1-5H3,(H,30,34)(H,31,35). The lowest BCUT2D eigenvalue weighted by molar-refractivity contribution is -0.111. The van der Waals surface area contributed by atoms with Crippen molar-refractivity contribution in [3.05, 3.63) is 90.1 Å². The number of nitrogens with zero attached hydrogens (tertiary/aromatic N) is 2. The summed E-state index contributed by atoms with van der Waals surface area (Å²) in [5.41, 5.74) is 2.95. The number of ether oxygens (including phenoxy) is 1. The summed E-state index contributed by atoms with van der Waals surface area (Å²) in [6, 6.07) is 14.8. The van der Waals surface area contributed by atoms with Crippen LogP contribution in [0.5, 0.6) is 0 Å². The van der Waals surface area contributed by atoms with Crippen molar-refractivity contribution in [2.45, 2.75) is 45.1 Å². The summed E-state index contributed by atoms with van der Waals surface area (Å²) < 4.78 is 37.9. The van der Waals surface area contributed by atoms with E-state index in [9.17, 15) is 18.0 Å². The van der Waals surface area contributed by atoms with Crippen LogP contribution in [0.3, 0.4) is 0 Å². The van der Waals surface area contributed by atoms with Gasteiger partial charge in [0.1, 0.15) is 11.4 Å². The van der Waals surface area contributed by atoms with E-state index in [1.54, 1.807) is 70.2 Å². The molecule has 40 heavy (non-hydrogen) atoms. The fourth-order valence-corrected chi connectivity index (χ4v) is 5.12. The van der Waals surface area contributed by atoms with Crippen LogP contribution in [0.25, 0.3) is 17.2 Å². The molecule has 0 aliphatic rings. The molecule has 208 valence electrons. The number of benzene rings is 2. The van der Waals surface area contributed by atoms with Gasteiger partial charge in [-0.15, -0.1) is 0 Å². The van der Waals surface area contributed by atoms with Gasteiger partial charge in [-0.3, -0.25) is 10.1 Å². The van der Waals surface area contributed by atoms with Crippen molar-refractivity contribution in [1.82, 2.24) is 9.13 Å². The molecule has 0 saturated carbocycles. The summed E-state index contributed by atoms with van der Waals surface area (Å²) in [4.78, 5) is 24.8. The number of amides is 2. The van der Waals surface area contributed by atoms with Crippen molar-refractivity contribution in [3.8, 4) is 11.1 Å². The molecule has 0 unspecified atom stereocenters. The van der Waals surface area contributed by atoms with Crippen molar-refractivity contribution >= 4 is 39.5 Å². The van der Waals surface area contributed by atoms with Gasteiger partial charge in [-0.05, 0) is 82.2 Å². The molecule has 0 radical (unpaired) electrons. The van der Waals surface area contributed by atoms with E-state index in [1.807, 2.05) is 6.92 Å². The number of carbonyl (C=O) groups excluding carboxylic acids is 2. The highest BCUT2D eigenvalue weighted by Crippen LogP contribution is 2.28. The Morgan fingerprint density at radius 2 is 1.62 bits per heavy atom. The van der Waals surface area contributed by atoms with Crippen LogP contribution in [0.4, 0.5) is 16.2 Å². The highest BCUT2D eigenvalue weighted by Gasteiger charge is 2.19. The number of hydrogen-bond donors (Lipinski definition) is 2. The van der Waals surface area contributed by atoms with E-state index >= 15 is 0 Å². The first-order chi connectivity index (χ1) is 18.8. The van der Waals surface area contributed by atoms with Gasteiger partial charge in [-0.1, -0.05) is 29.4 Å². The van der Waals surface area contributed by atoms with Crippen molar-refractivity contribution in [1.29, 1.82) is 0 Å². The number of hydrogen-bond acceptors (Lipinski definition) is 7. The van der Waals surface area contributed by atoms with Crippen LogP contribution >= 0.6 is 0 Å². The molecule has 2 N–H and O–H groups in total. The Balaban J connectivity index is 1.43. The molecule has 2 amide bonds. The maximum atomic E-state index is 13.2. The van der Waals surface area contributed by atoms with Crippen LogP contribution < -0.4 is 10.6 Å². The maximum Gasteiger partial charge on any atom is 0.412 e. The third-order valence-corrected chi connectivity index (χ3v) is 7.34. The molecule has 0 saturated heterocycles. The summed E-state index contributed by atoms with van der Waals surface area (Å²) in [7, 11) is -3.85. The van der Waals surface area contributed by atoms with Crippen LogP contribution in [-0.4, -0.2) is 35.1 Å². The molecule has 0 aliphatic carbocycles. The third kappa shape index (κ3) is 6.67. The number of nitrogens with one attached hydrogen (secondary N) is 2. The van der Waals surface area contributed by atoms with Gasteiger partial charge in [-0.25, -0.2) is 17.2 Å². The smallest absolute Gasteiger partial charge is 0.412 e. The monoisotopic (exact) mass is 562 g/mol. The Bertz CT molecular complexity index is 1660. The second-order valence-corrected chi connectivity index (χ2v) is 11.8. The second kappa shape index (κ2) is 11.2. The molecular formula is C29H30N4O6S. The predicted molar refractivity (Wildman–Crippen MR) is 152 cm³/mol. The molecular weight excluding hydrogens is 532 g/mol. The van der Waals surface area contributed by atoms with E-state index in [4.69, 9.17) is 9.26 Å². The highest BCUT2D eigenvalue weighted by atomic mass is 32.2. The predicted octanol–water partition coefficient (Wildman–Crippen LogP) is 6.00. The fourth-order valence-electron chi connectivity index (χ4n) is 3.91. The lowest BCUT2D eigenvalue weighted by Gasteiger charge is -2.20. The minimum absolute atomic E-state index is 0.112. The Labute approximate surface area is 232 Å². The quantitative estimate of drug-likeness (QED) is 0.264. The van der Waals surface area contributed by atoms with Gasteiger partial charge in [0.05, 0.1) is 22.0 Å². The van der Waals surface area contributed by atoms with Gasteiger partial charge in [-0.2, -0.15) is 0 Å². The van der Waals surface area contributed by atoms with Crippen LogP contribution in [0.2, 0.25) is 0 Å². The summed E-state index contributed by atoms with van der Waals surface area (Å²) in [6.07, 6.45) is 4.94. The topological polar surface area (TPSA) is 133 Å². The summed E-state index contributed by atoms with van der Waals surface area (Å²) in [5, 5.41) is 9.27. The number of aromatic nitrogens is 2. The average molecular weight is 563 g/mol. The van der Waals surface area contributed by atoms with Crippen molar-refractivity contribution < 1.29 is 27.3 Å². The van der Waals surface area contributed by atoms with Crippen molar-refractivity contribution in [2.24, 2.45) is 0 Å². The first-order valence-electron chi connectivity index (χ1n) is 12.4. The Hall–Kier alpha value is -4.64. The Kier molecular flexibility index (Phi) is 7.96. The molecule has 4 aromatic rings. The van der Waals surface area contributed by atoms with Gasteiger partial charge < -0.3 is 14.6 Å². The zero-order valence-electron chi connectivity index (χ0n) is 22.8. The summed E-state index contributed by atoms with van der Waals surface area (Å²) >= 11 is 0. The molecule has 0 fully saturated rings. The molecule has 0 atom stereocenters. The summed E-state index contributed by atoms with van der Waals surface area (Å²) in [5.74, 6) is 0.186. The van der Waals surface area contributed by atoms with Gasteiger partial charge in [0, 0.05) is 24.0 Å². The average Bonchev–Trinajstić information content (AvgIpc) is 3.49. The lowest BCUT2D eigenvalue weighted by Crippen LogP contribution is -2.27. The molecule has 2 aromatic heterocycles. The van der Waals surface area contributed by atoms with E-state index in [0.29, 0.717) is 22.7 Å². The van der Waals surface area contributed by atoms with Crippen LogP contribution in [0.15, 0.2) is 82.5 Å². The first-order valence-corrected chi connectivity index (χ1v) is 13.8. The molecule has 11 heteroatoms. The molecule has 2 heterocycles. The lowest BCUT2D eigenvalue weighted by atomic mass is 10.0. The van der Waals surface area contributed by atoms with Gasteiger partial charge >= 0.3 is 6.09 Å². The van der Waals surface area contributed by atoms with E-state index in [1.165, 1.54) is 36.7 Å². The van der Waals surface area contributed by atoms with E-state index in [0.717, 1.165) is 20.8 Å². The zero-order chi connectivity index (χ0) is 29.1. The number of para-hydroxylation sites is 2. The summed E-state index contributed by atoms with van der Waals surface area (Å²) in [6.45, 7) is 8.88. The van der Waals surface area contributed by atoms with Gasteiger partial charge in [0.15, 0.2) is 0 Å². The second-order valence-electron chi connectivity index (χ2n) is 10.00. The van der Waals surface area contributed by atoms with Crippen LogP contribution in [0.1, 0.15) is 37.8 Å².